The number of rotatable bonds is 7. The number of anilines is 1. The summed E-state index contributed by atoms with van der Waals surface area (Å²) >= 11 is 0. The van der Waals surface area contributed by atoms with Gasteiger partial charge in [0.25, 0.3) is 0 Å². The van der Waals surface area contributed by atoms with E-state index in [1.165, 1.54) is 18.2 Å². The van der Waals surface area contributed by atoms with Crippen molar-refractivity contribution in [1.82, 2.24) is 10.6 Å². The smallest absolute Gasteiger partial charge is 0.191 e. The summed E-state index contributed by atoms with van der Waals surface area (Å²) in [4.78, 5) is 5.95. The minimum atomic E-state index is -0.529. The first kappa shape index (κ1) is 23.3. The molecular weight excluding hydrogens is 489 g/mol. The number of nitrogens with one attached hydrogen (secondary N) is 2. The van der Waals surface area contributed by atoms with Crippen molar-refractivity contribution in [2.45, 2.75) is 19.1 Å². The van der Waals surface area contributed by atoms with Crippen molar-refractivity contribution >= 4 is 35.6 Å². The molecule has 1 saturated heterocycles. The van der Waals surface area contributed by atoms with Crippen LogP contribution in [0.4, 0.5) is 14.5 Å². The number of halogens is 3. The molecule has 5 nitrogen and oxygen atoms in total. The lowest BCUT2D eigenvalue weighted by Gasteiger charge is -2.21. The SMILES string of the molecule is CN=C(NCCOCc1ccccc1)NC1CCN(c2c(F)cccc2F)C1.I. The maximum atomic E-state index is 14.0. The molecule has 0 aliphatic carbocycles. The molecule has 2 aromatic carbocycles. The third-order valence-electron chi connectivity index (χ3n) is 4.66. The number of ether oxygens (including phenoxy) is 1. The fourth-order valence-electron chi connectivity index (χ4n) is 3.27. The van der Waals surface area contributed by atoms with E-state index in [0.717, 1.165) is 12.0 Å². The van der Waals surface area contributed by atoms with Crippen molar-refractivity contribution < 1.29 is 13.5 Å². The summed E-state index contributed by atoms with van der Waals surface area (Å²) in [6, 6.07) is 14.0. The first-order valence-electron chi connectivity index (χ1n) is 9.45. The molecule has 0 saturated carbocycles. The predicted octanol–water partition coefficient (Wildman–Crippen LogP) is 3.54. The number of benzene rings is 2. The number of guanidine groups is 1. The van der Waals surface area contributed by atoms with E-state index in [0.29, 0.717) is 38.8 Å². The van der Waals surface area contributed by atoms with Crippen molar-refractivity contribution in [3.05, 3.63) is 65.7 Å². The lowest BCUT2D eigenvalue weighted by atomic mass is 10.2. The second-order valence-electron chi connectivity index (χ2n) is 6.68. The Labute approximate surface area is 187 Å². The van der Waals surface area contributed by atoms with Gasteiger partial charge in [-0.25, -0.2) is 8.78 Å². The standard InChI is InChI=1S/C21H26F2N4O.HI/c1-24-21(25-11-13-28-15-16-6-3-2-4-7-16)26-17-10-12-27(14-17)20-18(22)8-5-9-19(20)23;/h2-9,17H,10-15H2,1H3,(H2,24,25,26);1H. The second kappa shape index (κ2) is 11.9. The first-order chi connectivity index (χ1) is 13.7. The van der Waals surface area contributed by atoms with Gasteiger partial charge < -0.3 is 20.3 Å². The van der Waals surface area contributed by atoms with Crippen LogP contribution >= 0.6 is 24.0 Å². The minimum absolute atomic E-state index is 0. The molecule has 29 heavy (non-hydrogen) atoms. The highest BCUT2D eigenvalue weighted by Gasteiger charge is 2.27. The van der Waals surface area contributed by atoms with E-state index in [1.54, 1.807) is 11.9 Å². The highest BCUT2D eigenvalue weighted by atomic mass is 127. The zero-order chi connectivity index (χ0) is 19.8. The van der Waals surface area contributed by atoms with Crippen LogP contribution in [0.15, 0.2) is 53.5 Å². The summed E-state index contributed by atoms with van der Waals surface area (Å²) in [6.07, 6.45) is 0.777. The predicted molar refractivity (Wildman–Crippen MR) is 123 cm³/mol. The van der Waals surface area contributed by atoms with Crippen LogP contribution in [0.5, 0.6) is 0 Å². The summed E-state index contributed by atoms with van der Waals surface area (Å²) in [7, 11) is 1.70. The molecule has 158 valence electrons. The molecule has 2 aromatic rings. The molecule has 8 heteroatoms. The van der Waals surface area contributed by atoms with Gasteiger partial charge in [0.2, 0.25) is 0 Å². The normalized spacial score (nSPS) is 16.4. The number of nitrogens with zero attached hydrogens (tertiary/aromatic N) is 2. The molecule has 1 aliphatic heterocycles. The molecule has 1 heterocycles. The summed E-state index contributed by atoms with van der Waals surface area (Å²) in [5.41, 5.74) is 1.18. The molecule has 1 unspecified atom stereocenters. The van der Waals surface area contributed by atoms with E-state index in [1.807, 2.05) is 30.3 Å². The molecule has 2 N–H and O–H groups in total. The molecule has 0 radical (unpaired) electrons. The van der Waals surface area contributed by atoms with E-state index >= 15 is 0 Å². The average molecular weight is 516 g/mol. The molecule has 0 amide bonds. The zero-order valence-electron chi connectivity index (χ0n) is 16.4. The van der Waals surface area contributed by atoms with Gasteiger partial charge in [-0.05, 0) is 24.1 Å². The van der Waals surface area contributed by atoms with Crippen LogP contribution in [0.2, 0.25) is 0 Å². The van der Waals surface area contributed by atoms with Crippen molar-refractivity contribution in [2.24, 2.45) is 4.99 Å². The summed E-state index contributed by atoms with van der Waals surface area (Å²) in [5.74, 6) is -0.401. The third kappa shape index (κ3) is 6.81. The Bertz CT molecular complexity index is 771. The van der Waals surface area contributed by atoms with Crippen LogP contribution in [-0.4, -0.2) is 45.3 Å². The average Bonchev–Trinajstić information content (AvgIpc) is 3.15. The number of para-hydroxylation sites is 1. The highest BCUT2D eigenvalue weighted by Crippen LogP contribution is 2.26. The third-order valence-corrected chi connectivity index (χ3v) is 4.66. The molecule has 1 aliphatic rings. The van der Waals surface area contributed by atoms with Gasteiger partial charge in [-0.3, -0.25) is 4.99 Å². The van der Waals surface area contributed by atoms with Crippen molar-refractivity contribution in [1.29, 1.82) is 0 Å². The van der Waals surface area contributed by atoms with E-state index in [9.17, 15) is 8.78 Å². The molecule has 0 spiro atoms. The maximum Gasteiger partial charge on any atom is 0.191 e. The lowest BCUT2D eigenvalue weighted by molar-refractivity contribution is 0.125. The Morgan fingerprint density at radius 2 is 1.86 bits per heavy atom. The molecule has 1 fully saturated rings. The second-order valence-corrected chi connectivity index (χ2v) is 6.68. The van der Waals surface area contributed by atoms with E-state index in [-0.39, 0.29) is 35.7 Å². The van der Waals surface area contributed by atoms with E-state index in [2.05, 4.69) is 15.6 Å². The van der Waals surface area contributed by atoms with Gasteiger partial charge in [0.1, 0.15) is 17.3 Å². The van der Waals surface area contributed by atoms with Crippen LogP contribution < -0.4 is 15.5 Å². The maximum absolute atomic E-state index is 14.0. The quantitative estimate of drug-likeness (QED) is 0.256. The Kier molecular flexibility index (Phi) is 9.59. The first-order valence-corrected chi connectivity index (χ1v) is 9.45. The summed E-state index contributed by atoms with van der Waals surface area (Å²) < 4.78 is 33.6. The lowest BCUT2D eigenvalue weighted by Crippen LogP contribution is -2.45. The van der Waals surface area contributed by atoms with Gasteiger partial charge in [-0.1, -0.05) is 36.4 Å². The number of hydrogen-bond donors (Lipinski definition) is 2. The Morgan fingerprint density at radius 3 is 2.55 bits per heavy atom. The van der Waals surface area contributed by atoms with Crippen molar-refractivity contribution in [2.75, 3.05) is 38.2 Å². The van der Waals surface area contributed by atoms with Gasteiger partial charge in [0, 0.05) is 32.7 Å². The number of aliphatic imine (C=N–C) groups is 1. The van der Waals surface area contributed by atoms with Gasteiger partial charge in [-0.15, -0.1) is 24.0 Å². The van der Waals surface area contributed by atoms with Crippen LogP contribution in [0, 0.1) is 11.6 Å². The molecule has 0 aromatic heterocycles. The molecule has 3 rings (SSSR count). The number of hydrogen-bond acceptors (Lipinski definition) is 3. The van der Waals surface area contributed by atoms with Crippen molar-refractivity contribution in [3.8, 4) is 0 Å². The van der Waals surface area contributed by atoms with Crippen LogP contribution in [0.25, 0.3) is 0 Å². The zero-order valence-corrected chi connectivity index (χ0v) is 18.7. The molecule has 1 atom stereocenters. The van der Waals surface area contributed by atoms with Gasteiger partial charge in [0.15, 0.2) is 5.96 Å². The fourth-order valence-corrected chi connectivity index (χ4v) is 3.27. The summed E-state index contributed by atoms with van der Waals surface area (Å²) in [6.45, 7) is 2.84. The highest BCUT2D eigenvalue weighted by molar-refractivity contribution is 14.0. The van der Waals surface area contributed by atoms with Gasteiger partial charge >= 0.3 is 0 Å². The molecule has 0 bridgehead atoms. The van der Waals surface area contributed by atoms with Gasteiger partial charge in [0.05, 0.1) is 13.2 Å². The van der Waals surface area contributed by atoms with E-state index in [4.69, 9.17) is 4.74 Å². The van der Waals surface area contributed by atoms with Crippen LogP contribution in [0.3, 0.4) is 0 Å². The monoisotopic (exact) mass is 516 g/mol. The fraction of sp³-hybridized carbons (Fsp3) is 0.381. The van der Waals surface area contributed by atoms with E-state index < -0.39 is 11.6 Å². The minimum Gasteiger partial charge on any atom is -0.375 e. The van der Waals surface area contributed by atoms with Crippen LogP contribution in [-0.2, 0) is 11.3 Å². The topological polar surface area (TPSA) is 48.9 Å². The Balaban J connectivity index is 0.00000300. The van der Waals surface area contributed by atoms with Gasteiger partial charge in [-0.2, -0.15) is 0 Å². The Hall–Kier alpha value is -1.94. The molecular formula is C21H27F2IN4O. The largest absolute Gasteiger partial charge is 0.375 e. The van der Waals surface area contributed by atoms with Crippen LogP contribution in [0.1, 0.15) is 12.0 Å². The Morgan fingerprint density at radius 1 is 1.14 bits per heavy atom. The van der Waals surface area contributed by atoms with Crippen molar-refractivity contribution in [3.63, 3.8) is 0 Å². The summed E-state index contributed by atoms with van der Waals surface area (Å²) in [5, 5.41) is 6.52.